The molecule has 0 saturated carbocycles. The molecule has 0 unspecified atom stereocenters. The summed E-state index contributed by atoms with van der Waals surface area (Å²) in [5.74, 6) is 0. The molecule has 7 nitrogen and oxygen atoms in total. The lowest BCUT2D eigenvalue weighted by Crippen LogP contribution is -2.34. The molecule has 2 amide bonds. The van der Waals surface area contributed by atoms with Crippen LogP contribution in [-0.2, 0) is 10.0 Å². The van der Waals surface area contributed by atoms with E-state index in [1.54, 1.807) is 26.0 Å². The maximum atomic E-state index is 12.2. The zero-order valence-corrected chi connectivity index (χ0v) is 13.4. The lowest BCUT2D eigenvalue weighted by atomic mass is 10.2. The Kier molecular flexibility index (Phi) is 4.45. The van der Waals surface area contributed by atoms with Crippen LogP contribution in [0.1, 0.15) is 11.1 Å². The number of anilines is 1. The summed E-state index contributed by atoms with van der Waals surface area (Å²) in [6.45, 7) is 3.41. The molecular weight excluding hydrogens is 336 g/mol. The quantitative estimate of drug-likeness (QED) is 0.888. The number of rotatable bonds is 3. The van der Waals surface area contributed by atoms with E-state index in [0.29, 0.717) is 5.56 Å². The van der Waals surface area contributed by atoms with Gasteiger partial charge in [0.2, 0.25) is 9.60 Å². The van der Waals surface area contributed by atoms with Crippen LogP contribution in [0.15, 0.2) is 23.1 Å². The second kappa shape index (κ2) is 5.96. The first-order valence-electron chi connectivity index (χ1n) is 5.68. The molecular formula is C11H11ClN4O3S2. The fourth-order valence-electron chi connectivity index (χ4n) is 1.55. The van der Waals surface area contributed by atoms with Gasteiger partial charge in [-0.25, -0.2) is 17.9 Å². The van der Waals surface area contributed by atoms with Crippen molar-refractivity contribution in [1.82, 2.24) is 14.9 Å². The Hall–Kier alpha value is -1.71. The molecule has 10 heteroatoms. The van der Waals surface area contributed by atoms with E-state index in [2.05, 4.69) is 15.5 Å². The zero-order chi connectivity index (χ0) is 15.6. The molecule has 2 aromatic rings. The molecule has 0 aliphatic carbocycles. The average molecular weight is 347 g/mol. The fourth-order valence-corrected chi connectivity index (χ4v) is 3.51. The number of halogens is 1. The number of urea groups is 1. The number of benzene rings is 1. The number of hydrogen-bond donors (Lipinski definition) is 2. The Morgan fingerprint density at radius 1 is 1.29 bits per heavy atom. The molecule has 21 heavy (non-hydrogen) atoms. The van der Waals surface area contributed by atoms with Crippen molar-refractivity contribution in [3.8, 4) is 0 Å². The van der Waals surface area contributed by atoms with Gasteiger partial charge >= 0.3 is 6.03 Å². The topological polar surface area (TPSA) is 101 Å². The molecule has 0 atom stereocenters. The highest BCUT2D eigenvalue weighted by Crippen LogP contribution is 2.20. The van der Waals surface area contributed by atoms with Gasteiger partial charge in [-0.15, -0.1) is 10.2 Å². The normalized spacial score (nSPS) is 11.2. The van der Waals surface area contributed by atoms with Gasteiger partial charge in [-0.3, -0.25) is 5.32 Å². The van der Waals surface area contributed by atoms with Crippen LogP contribution in [0.25, 0.3) is 0 Å². The highest BCUT2D eigenvalue weighted by molar-refractivity contribution is 7.90. The number of hydrogen-bond acceptors (Lipinski definition) is 6. The van der Waals surface area contributed by atoms with Gasteiger partial charge in [-0.1, -0.05) is 23.5 Å². The molecule has 1 heterocycles. The number of carbonyl (C=O) groups excluding carboxylic acids is 1. The molecule has 0 bridgehead atoms. The first-order valence-corrected chi connectivity index (χ1v) is 8.36. The number of carbonyl (C=O) groups is 1. The minimum absolute atomic E-state index is 0.0490. The fraction of sp³-hybridized carbons (Fsp3) is 0.182. The van der Waals surface area contributed by atoms with Crippen LogP contribution >= 0.6 is 22.9 Å². The maximum absolute atomic E-state index is 12.2. The Labute approximate surface area is 130 Å². The van der Waals surface area contributed by atoms with Crippen LogP contribution in [0.5, 0.6) is 0 Å². The number of amides is 2. The molecule has 2 N–H and O–H groups in total. The average Bonchev–Trinajstić information content (AvgIpc) is 2.76. The SMILES string of the molecule is Cc1ccc(C)c(S(=O)(=O)NC(=O)Nc2nnc(Cl)s2)c1. The van der Waals surface area contributed by atoms with Gasteiger partial charge < -0.3 is 0 Å². The van der Waals surface area contributed by atoms with E-state index in [4.69, 9.17) is 11.6 Å². The third-order valence-corrected chi connectivity index (χ3v) is 4.89. The molecule has 112 valence electrons. The summed E-state index contributed by atoms with van der Waals surface area (Å²) < 4.78 is 26.4. The summed E-state index contributed by atoms with van der Waals surface area (Å²) in [4.78, 5) is 11.8. The van der Waals surface area contributed by atoms with Crippen LogP contribution < -0.4 is 10.0 Å². The van der Waals surface area contributed by atoms with Gasteiger partial charge in [0.05, 0.1) is 4.90 Å². The first kappa shape index (κ1) is 15.7. The minimum atomic E-state index is -3.96. The smallest absolute Gasteiger partial charge is 0.281 e. The highest BCUT2D eigenvalue weighted by Gasteiger charge is 2.20. The van der Waals surface area contributed by atoms with E-state index >= 15 is 0 Å². The molecule has 0 spiro atoms. The van der Waals surface area contributed by atoms with Gasteiger partial charge in [0.25, 0.3) is 10.0 Å². The largest absolute Gasteiger partial charge is 0.334 e. The molecule has 1 aromatic carbocycles. The molecule has 1 aromatic heterocycles. The van der Waals surface area contributed by atoms with E-state index in [9.17, 15) is 13.2 Å². The Morgan fingerprint density at radius 3 is 2.62 bits per heavy atom. The van der Waals surface area contributed by atoms with Crippen LogP contribution in [-0.4, -0.2) is 24.6 Å². The van der Waals surface area contributed by atoms with E-state index in [1.165, 1.54) is 6.07 Å². The number of sulfonamides is 1. The van der Waals surface area contributed by atoms with Gasteiger partial charge in [0.15, 0.2) is 0 Å². The predicted octanol–water partition coefficient (Wildman–Crippen LogP) is 2.32. The van der Waals surface area contributed by atoms with E-state index < -0.39 is 16.1 Å². The van der Waals surface area contributed by atoms with Gasteiger partial charge in [0, 0.05) is 0 Å². The summed E-state index contributed by atoms with van der Waals surface area (Å²) >= 11 is 6.49. The summed E-state index contributed by atoms with van der Waals surface area (Å²) in [6.07, 6.45) is 0. The van der Waals surface area contributed by atoms with Crippen molar-refractivity contribution in [2.75, 3.05) is 5.32 Å². The summed E-state index contributed by atoms with van der Waals surface area (Å²) in [7, 11) is -3.96. The first-order chi connectivity index (χ1) is 9.78. The number of aromatic nitrogens is 2. The number of nitrogens with one attached hydrogen (secondary N) is 2. The summed E-state index contributed by atoms with van der Waals surface area (Å²) in [6, 6.07) is 4.03. The third-order valence-electron chi connectivity index (χ3n) is 2.48. The molecule has 2 rings (SSSR count). The lowest BCUT2D eigenvalue weighted by molar-refractivity contribution is 0.256. The molecule has 0 radical (unpaired) electrons. The van der Waals surface area contributed by atoms with Crippen LogP contribution in [0, 0.1) is 13.8 Å². The van der Waals surface area contributed by atoms with E-state index in [0.717, 1.165) is 16.9 Å². The van der Waals surface area contributed by atoms with E-state index in [1.807, 2.05) is 4.72 Å². The minimum Gasteiger partial charge on any atom is -0.281 e. The zero-order valence-electron chi connectivity index (χ0n) is 11.0. The molecule has 0 fully saturated rings. The van der Waals surface area contributed by atoms with Crippen LogP contribution in [0.4, 0.5) is 9.93 Å². The Balaban J connectivity index is 2.17. The monoisotopic (exact) mass is 346 g/mol. The third kappa shape index (κ3) is 3.90. The van der Waals surface area contributed by atoms with Crippen molar-refractivity contribution in [1.29, 1.82) is 0 Å². The van der Waals surface area contributed by atoms with Crippen molar-refractivity contribution in [3.05, 3.63) is 33.8 Å². The lowest BCUT2D eigenvalue weighted by Gasteiger charge is -2.10. The van der Waals surface area contributed by atoms with Crippen molar-refractivity contribution < 1.29 is 13.2 Å². The van der Waals surface area contributed by atoms with Crippen molar-refractivity contribution in [2.45, 2.75) is 18.7 Å². The standard InChI is InChI=1S/C11H11ClN4O3S2/c1-6-3-4-7(2)8(5-6)21(18,19)16-10(17)13-11-15-14-9(12)20-11/h3-5H,1-2H3,(H2,13,15,16,17). The Morgan fingerprint density at radius 2 is 2.00 bits per heavy atom. The second-order valence-corrected chi connectivity index (χ2v) is 7.40. The van der Waals surface area contributed by atoms with Crippen molar-refractivity contribution >= 4 is 44.1 Å². The van der Waals surface area contributed by atoms with Crippen molar-refractivity contribution in [2.24, 2.45) is 0 Å². The number of aryl methyl sites for hydroxylation is 2. The predicted molar refractivity (Wildman–Crippen MR) is 80.2 cm³/mol. The molecule has 0 aliphatic rings. The van der Waals surface area contributed by atoms with Gasteiger partial charge in [-0.2, -0.15) is 0 Å². The molecule has 0 saturated heterocycles. The van der Waals surface area contributed by atoms with E-state index in [-0.39, 0.29) is 14.5 Å². The number of nitrogens with zero attached hydrogens (tertiary/aromatic N) is 2. The van der Waals surface area contributed by atoms with Crippen LogP contribution in [0.3, 0.4) is 0 Å². The second-order valence-electron chi connectivity index (χ2n) is 4.19. The van der Waals surface area contributed by atoms with Crippen molar-refractivity contribution in [3.63, 3.8) is 0 Å². The molecule has 0 aliphatic heterocycles. The van der Waals surface area contributed by atoms with Crippen LogP contribution in [0.2, 0.25) is 4.47 Å². The maximum Gasteiger partial charge on any atom is 0.334 e. The summed E-state index contributed by atoms with van der Waals surface area (Å²) in [5, 5.41) is 9.41. The summed E-state index contributed by atoms with van der Waals surface area (Å²) in [5.41, 5.74) is 1.32. The van der Waals surface area contributed by atoms with Gasteiger partial charge in [-0.05, 0) is 42.6 Å². The van der Waals surface area contributed by atoms with Gasteiger partial charge in [0.1, 0.15) is 0 Å². The Bertz CT molecular complexity index is 789. The highest BCUT2D eigenvalue weighted by atomic mass is 35.5.